The van der Waals surface area contributed by atoms with Gasteiger partial charge in [-0.1, -0.05) is 70.6 Å². The van der Waals surface area contributed by atoms with Crippen LogP contribution in [0.1, 0.15) is 68.3 Å². The highest BCUT2D eigenvalue weighted by molar-refractivity contribution is 7.92. The topological polar surface area (TPSA) is 80.2 Å². The van der Waals surface area contributed by atoms with Gasteiger partial charge >= 0.3 is 0 Å². The van der Waals surface area contributed by atoms with Crippen molar-refractivity contribution in [2.24, 2.45) is 0 Å². The van der Waals surface area contributed by atoms with Crippen LogP contribution in [-0.2, 0) is 16.6 Å². The quantitative estimate of drug-likeness (QED) is 0.391. The Hall–Kier alpha value is -2.90. The lowest BCUT2D eigenvalue weighted by Crippen LogP contribution is -2.23. The molecule has 0 bridgehead atoms. The molecule has 6 nitrogen and oxygen atoms in total. The predicted molar refractivity (Wildman–Crippen MR) is 138 cm³/mol. The van der Waals surface area contributed by atoms with Crippen LogP contribution in [0.25, 0.3) is 5.69 Å². The summed E-state index contributed by atoms with van der Waals surface area (Å²) in [7, 11) is -3.72. The van der Waals surface area contributed by atoms with E-state index in [0.29, 0.717) is 23.8 Å². The van der Waals surface area contributed by atoms with Gasteiger partial charge in [0.05, 0.1) is 10.6 Å². The van der Waals surface area contributed by atoms with Gasteiger partial charge in [0.15, 0.2) is 6.29 Å². The summed E-state index contributed by atoms with van der Waals surface area (Å²) in [5, 5.41) is 3.30. The zero-order valence-corrected chi connectivity index (χ0v) is 20.9. The van der Waals surface area contributed by atoms with Gasteiger partial charge in [0.1, 0.15) is 0 Å². The van der Waals surface area contributed by atoms with Crippen molar-refractivity contribution < 1.29 is 13.2 Å². The van der Waals surface area contributed by atoms with Crippen molar-refractivity contribution in [1.29, 1.82) is 0 Å². The first-order valence-corrected chi connectivity index (χ1v) is 13.4. The Morgan fingerprint density at radius 3 is 2.09 bits per heavy atom. The van der Waals surface area contributed by atoms with Crippen LogP contribution in [0, 0.1) is 0 Å². The van der Waals surface area contributed by atoms with Gasteiger partial charge in [0, 0.05) is 36.2 Å². The highest BCUT2D eigenvalue weighted by Gasteiger charge is 2.16. The number of rotatable bonds is 8. The number of benzene rings is 2. The Balaban J connectivity index is 0.000000469. The van der Waals surface area contributed by atoms with E-state index >= 15 is 0 Å². The monoisotopic (exact) mass is 481 g/mol. The molecule has 2 N–H and O–H groups in total. The summed E-state index contributed by atoms with van der Waals surface area (Å²) in [6.07, 6.45) is 13.2. The van der Waals surface area contributed by atoms with Gasteiger partial charge in [-0.05, 0) is 42.0 Å². The molecule has 1 saturated carbocycles. The molecule has 1 aromatic heterocycles. The van der Waals surface area contributed by atoms with Gasteiger partial charge in [-0.15, -0.1) is 0 Å². The molecule has 182 valence electrons. The van der Waals surface area contributed by atoms with Crippen LogP contribution < -0.4 is 10.0 Å². The van der Waals surface area contributed by atoms with E-state index in [0.717, 1.165) is 17.5 Å². The number of hydrogen-bond acceptors (Lipinski definition) is 4. The van der Waals surface area contributed by atoms with Crippen LogP contribution in [0.5, 0.6) is 0 Å². The normalized spacial score (nSPS) is 13.7. The highest BCUT2D eigenvalue weighted by atomic mass is 32.2. The smallest absolute Gasteiger partial charge is 0.261 e. The molecule has 34 heavy (non-hydrogen) atoms. The maximum absolute atomic E-state index is 12.8. The maximum atomic E-state index is 12.8. The van der Waals surface area contributed by atoms with E-state index in [1.165, 1.54) is 38.5 Å². The van der Waals surface area contributed by atoms with Crippen molar-refractivity contribution in [3.63, 3.8) is 0 Å². The lowest BCUT2D eigenvalue weighted by molar-refractivity contribution is 0.112. The van der Waals surface area contributed by atoms with Crippen molar-refractivity contribution in [2.45, 2.75) is 69.9 Å². The molecule has 0 radical (unpaired) electrons. The fourth-order valence-corrected chi connectivity index (χ4v) is 4.89. The number of aldehydes is 1. The van der Waals surface area contributed by atoms with Gasteiger partial charge < -0.3 is 9.88 Å². The van der Waals surface area contributed by atoms with Crippen LogP contribution in [0.3, 0.4) is 0 Å². The van der Waals surface area contributed by atoms with Crippen molar-refractivity contribution >= 4 is 22.0 Å². The summed E-state index contributed by atoms with van der Waals surface area (Å²) in [6, 6.07) is 15.8. The number of carbonyl (C=O) groups is 1. The molecular formula is C27H35N3O3S. The second-order valence-electron chi connectivity index (χ2n) is 8.88. The molecule has 1 fully saturated rings. The molecule has 0 unspecified atom stereocenters. The standard InChI is InChI=1S/C21H23N3O3S.C6H12/c1-16(2)22-13-18-5-3-4-6-21(18)23-28(26,27)20-9-7-19(8-10-20)24-12-11-17(14-24)15-25;1-2-4-6-5-3-1/h3-12,14-16,22-23H,13H2,1-2H3;1-6H2. The van der Waals surface area contributed by atoms with Crippen molar-refractivity contribution in [1.82, 2.24) is 9.88 Å². The van der Waals surface area contributed by atoms with Crippen LogP contribution in [0.2, 0.25) is 0 Å². The van der Waals surface area contributed by atoms with Crippen LogP contribution in [-0.4, -0.2) is 25.3 Å². The Labute approximate surface area is 203 Å². The largest absolute Gasteiger partial charge is 0.323 e. The second-order valence-corrected chi connectivity index (χ2v) is 10.6. The van der Waals surface area contributed by atoms with E-state index in [1.807, 2.05) is 26.0 Å². The maximum Gasteiger partial charge on any atom is 0.261 e. The SMILES string of the molecule is C1CCCCC1.CC(C)NCc1ccccc1NS(=O)(=O)c1ccc(-n2ccc(C=O)c2)cc1. The fourth-order valence-electron chi connectivity index (χ4n) is 3.79. The average molecular weight is 482 g/mol. The molecular weight excluding hydrogens is 446 g/mol. The van der Waals surface area contributed by atoms with Crippen LogP contribution in [0.4, 0.5) is 5.69 Å². The predicted octanol–water partition coefficient (Wildman–Crippen LogP) is 5.93. The second kappa shape index (κ2) is 12.5. The Bertz CT molecular complexity index is 1140. The van der Waals surface area contributed by atoms with E-state index < -0.39 is 10.0 Å². The number of hydrogen-bond donors (Lipinski definition) is 2. The first kappa shape index (κ1) is 25.7. The molecule has 0 spiro atoms. The number of nitrogens with one attached hydrogen (secondary N) is 2. The average Bonchev–Trinajstić information content (AvgIpc) is 3.34. The molecule has 3 aromatic rings. The van der Waals surface area contributed by atoms with E-state index in [2.05, 4.69) is 10.0 Å². The molecule has 0 amide bonds. The Morgan fingerprint density at radius 2 is 1.53 bits per heavy atom. The molecule has 7 heteroatoms. The summed E-state index contributed by atoms with van der Waals surface area (Å²) >= 11 is 0. The van der Waals surface area contributed by atoms with E-state index in [4.69, 9.17) is 0 Å². The lowest BCUT2D eigenvalue weighted by Gasteiger charge is -2.15. The third-order valence-corrected chi connectivity index (χ3v) is 7.14. The minimum Gasteiger partial charge on any atom is -0.323 e. The van der Waals surface area contributed by atoms with Crippen LogP contribution >= 0.6 is 0 Å². The summed E-state index contributed by atoms with van der Waals surface area (Å²) < 4.78 is 30.1. The van der Waals surface area contributed by atoms with Gasteiger partial charge in [-0.2, -0.15) is 0 Å². The van der Waals surface area contributed by atoms with Gasteiger partial charge in [0.2, 0.25) is 0 Å². The van der Waals surface area contributed by atoms with Crippen molar-refractivity contribution in [2.75, 3.05) is 4.72 Å². The van der Waals surface area contributed by atoms with Gasteiger partial charge in [-0.3, -0.25) is 9.52 Å². The third-order valence-electron chi connectivity index (χ3n) is 5.76. The zero-order valence-electron chi connectivity index (χ0n) is 20.0. The third kappa shape index (κ3) is 7.57. The minimum absolute atomic E-state index is 0.172. The summed E-state index contributed by atoms with van der Waals surface area (Å²) in [5.41, 5.74) is 2.77. The minimum atomic E-state index is -3.72. The Morgan fingerprint density at radius 1 is 0.912 bits per heavy atom. The number of nitrogens with zero attached hydrogens (tertiary/aromatic N) is 1. The first-order chi connectivity index (χ1) is 16.4. The number of sulfonamides is 1. The summed E-state index contributed by atoms with van der Waals surface area (Å²) in [5.74, 6) is 0. The molecule has 0 saturated heterocycles. The van der Waals surface area contributed by atoms with Crippen molar-refractivity contribution in [3.8, 4) is 5.69 Å². The number of anilines is 1. The number of para-hydroxylation sites is 1. The Kier molecular flexibility index (Phi) is 9.48. The van der Waals surface area contributed by atoms with E-state index in [1.54, 1.807) is 59.4 Å². The molecule has 0 aliphatic heterocycles. The number of carbonyl (C=O) groups excluding carboxylic acids is 1. The lowest BCUT2D eigenvalue weighted by atomic mass is 10.0. The van der Waals surface area contributed by atoms with Gasteiger partial charge in [-0.25, -0.2) is 8.42 Å². The van der Waals surface area contributed by atoms with Gasteiger partial charge in [0.25, 0.3) is 10.0 Å². The first-order valence-electron chi connectivity index (χ1n) is 12.0. The summed E-state index contributed by atoms with van der Waals surface area (Å²) in [4.78, 5) is 11.0. The molecule has 2 aromatic carbocycles. The fraction of sp³-hybridized carbons (Fsp3) is 0.370. The van der Waals surface area contributed by atoms with Crippen molar-refractivity contribution in [3.05, 3.63) is 78.1 Å². The number of aromatic nitrogens is 1. The highest BCUT2D eigenvalue weighted by Crippen LogP contribution is 2.21. The van der Waals surface area contributed by atoms with E-state index in [9.17, 15) is 13.2 Å². The van der Waals surface area contributed by atoms with E-state index in [-0.39, 0.29) is 4.90 Å². The summed E-state index contributed by atoms with van der Waals surface area (Å²) in [6.45, 7) is 4.65. The molecule has 0 atom stereocenters. The molecule has 1 heterocycles. The molecule has 1 aliphatic carbocycles. The van der Waals surface area contributed by atoms with Crippen LogP contribution in [0.15, 0.2) is 71.9 Å². The molecule has 4 rings (SSSR count). The molecule has 1 aliphatic rings. The zero-order chi connectivity index (χ0) is 24.4.